The zero-order chi connectivity index (χ0) is 15.6. The number of hydrogen-bond acceptors (Lipinski definition) is 2. The van der Waals surface area contributed by atoms with Gasteiger partial charge >= 0.3 is 0 Å². The first-order valence-corrected chi connectivity index (χ1v) is 7.24. The lowest BCUT2D eigenvalue weighted by Crippen LogP contribution is -2.28. The zero-order valence-electron chi connectivity index (χ0n) is 12.5. The number of rotatable bonds is 4. The van der Waals surface area contributed by atoms with Gasteiger partial charge in [0.25, 0.3) is 5.91 Å². The molecule has 0 fully saturated rings. The first kappa shape index (κ1) is 15.4. The SMILES string of the molecule is CC(C)n1cc(N)cc1C(=O)N(C)Cc1ccccc1Cl. The van der Waals surface area contributed by atoms with E-state index < -0.39 is 0 Å². The minimum atomic E-state index is -0.0691. The Kier molecular flexibility index (Phi) is 4.58. The van der Waals surface area contributed by atoms with Crippen LogP contribution in [0.4, 0.5) is 5.69 Å². The molecule has 0 spiro atoms. The summed E-state index contributed by atoms with van der Waals surface area (Å²) in [4.78, 5) is 14.3. The van der Waals surface area contributed by atoms with Gasteiger partial charge in [-0.15, -0.1) is 0 Å². The number of nitrogens with two attached hydrogens (primary N) is 1. The van der Waals surface area contributed by atoms with Crippen LogP contribution in [-0.4, -0.2) is 22.4 Å². The Morgan fingerprint density at radius 1 is 1.38 bits per heavy atom. The van der Waals surface area contributed by atoms with Crippen LogP contribution in [0, 0.1) is 0 Å². The fraction of sp³-hybridized carbons (Fsp3) is 0.312. The molecule has 0 aliphatic carbocycles. The second-order valence-electron chi connectivity index (χ2n) is 5.41. The van der Waals surface area contributed by atoms with Crippen molar-refractivity contribution in [1.82, 2.24) is 9.47 Å². The van der Waals surface area contributed by atoms with Gasteiger partial charge in [0.1, 0.15) is 5.69 Å². The molecule has 2 aromatic rings. The second-order valence-corrected chi connectivity index (χ2v) is 5.82. The standard InChI is InChI=1S/C16H20ClN3O/c1-11(2)20-10-13(18)8-15(20)16(21)19(3)9-12-6-4-5-7-14(12)17/h4-8,10-11H,9,18H2,1-3H3. The van der Waals surface area contributed by atoms with Gasteiger partial charge < -0.3 is 15.2 Å². The van der Waals surface area contributed by atoms with Crippen molar-refractivity contribution in [2.75, 3.05) is 12.8 Å². The van der Waals surface area contributed by atoms with E-state index in [0.717, 1.165) is 5.56 Å². The lowest BCUT2D eigenvalue weighted by Gasteiger charge is -2.20. The van der Waals surface area contributed by atoms with Crippen molar-refractivity contribution in [1.29, 1.82) is 0 Å². The summed E-state index contributed by atoms with van der Waals surface area (Å²) < 4.78 is 1.89. The lowest BCUT2D eigenvalue weighted by atomic mass is 10.2. The first-order chi connectivity index (χ1) is 9.90. The molecule has 0 unspecified atom stereocenters. The van der Waals surface area contributed by atoms with Gasteiger partial charge in [-0.1, -0.05) is 29.8 Å². The second kappa shape index (κ2) is 6.22. The maximum absolute atomic E-state index is 12.6. The molecule has 0 atom stereocenters. The van der Waals surface area contributed by atoms with Gasteiger partial charge in [0.2, 0.25) is 0 Å². The van der Waals surface area contributed by atoms with Crippen LogP contribution in [0.1, 0.15) is 35.9 Å². The Balaban J connectivity index is 2.22. The molecule has 0 saturated carbocycles. The number of aromatic nitrogens is 1. The van der Waals surface area contributed by atoms with Gasteiger partial charge in [0.05, 0.1) is 5.69 Å². The van der Waals surface area contributed by atoms with Gasteiger partial charge in [-0.3, -0.25) is 4.79 Å². The Hall–Kier alpha value is -1.94. The Morgan fingerprint density at radius 3 is 2.67 bits per heavy atom. The summed E-state index contributed by atoms with van der Waals surface area (Å²) in [5.74, 6) is -0.0691. The fourth-order valence-electron chi connectivity index (χ4n) is 2.25. The van der Waals surface area contributed by atoms with E-state index >= 15 is 0 Å². The average Bonchev–Trinajstić information content (AvgIpc) is 2.82. The molecule has 0 saturated heterocycles. The van der Waals surface area contributed by atoms with Crippen LogP contribution in [0.25, 0.3) is 0 Å². The van der Waals surface area contributed by atoms with Gasteiger partial charge in [-0.2, -0.15) is 0 Å². The first-order valence-electron chi connectivity index (χ1n) is 6.86. The predicted molar refractivity (Wildman–Crippen MR) is 86.5 cm³/mol. The highest BCUT2D eigenvalue weighted by Gasteiger charge is 2.19. The van der Waals surface area contributed by atoms with E-state index in [9.17, 15) is 4.79 Å². The van der Waals surface area contributed by atoms with Crippen molar-refractivity contribution in [3.63, 3.8) is 0 Å². The van der Waals surface area contributed by atoms with Crippen LogP contribution >= 0.6 is 11.6 Å². The van der Waals surface area contributed by atoms with Crippen LogP contribution in [0.2, 0.25) is 5.02 Å². The van der Waals surface area contributed by atoms with Crippen molar-refractivity contribution in [2.45, 2.75) is 26.4 Å². The molecule has 4 nitrogen and oxygen atoms in total. The monoisotopic (exact) mass is 305 g/mol. The van der Waals surface area contributed by atoms with E-state index in [4.69, 9.17) is 17.3 Å². The number of carbonyl (C=O) groups is 1. The summed E-state index contributed by atoms with van der Waals surface area (Å²) >= 11 is 6.14. The Labute approximate surface area is 130 Å². The molecule has 1 heterocycles. The highest BCUT2D eigenvalue weighted by molar-refractivity contribution is 6.31. The molecule has 21 heavy (non-hydrogen) atoms. The van der Waals surface area contributed by atoms with Gasteiger partial charge in [0, 0.05) is 30.9 Å². The minimum absolute atomic E-state index is 0.0691. The molecule has 1 amide bonds. The molecule has 2 rings (SSSR count). The number of nitrogen functional groups attached to an aromatic ring is 1. The molecular weight excluding hydrogens is 286 g/mol. The van der Waals surface area contributed by atoms with Crippen molar-refractivity contribution in [2.24, 2.45) is 0 Å². The summed E-state index contributed by atoms with van der Waals surface area (Å²) in [7, 11) is 1.76. The quantitative estimate of drug-likeness (QED) is 0.938. The van der Waals surface area contributed by atoms with Crippen LogP contribution in [0.15, 0.2) is 36.5 Å². The van der Waals surface area contributed by atoms with E-state index in [-0.39, 0.29) is 11.9 Å². The molecule has 0 aliphatic heterocycles. The van der Waals surface area contributed by atoms with Gasteiger partial charge in [0.15, 0.2) is 0 Å². The smallest absolute Gasteiger partial charge is 0.270 e. The number of benzene rings is 1. The van der Waals surface area contributed by atoms with Crippen molar-refractivity contribution in [3.8, 4) is 0 Å². The number of nitrogens with zero attached hydrogens (tertiary/aromatic N) is 2. The summed E-state index contributed by atoms with van der Waals surface area (Å²) in [6.45, 7) is 4.50. The fourth-order valence-corrected chi connectivity index (χ4v) is 2.44. The average molecular weight is 306 g/mol. The topological polar surface area (TPSA) is 51.3 Å². The summed E-state index contributed by atoms with van der Waals surface area (Å²) in [6.07, 6.45) is 1.79. The van der Waals surface area contributed by atoms with E-state index in [1.54, 1.807) is 24.2 Å². The van der Waals surface area contributed by atoms with E-state index in [1.807, 2.05) is 42.7 Å². The molecule has 112 valence electrons. The maximum Gasteiger partial charge on any atom is 0.270 e. The summed E-state index contributed by atoms with van der Waals surface area (Å²) in [5.41, 5.74) is 7.93. The number of hydrogen-bond donors (Lipinski definition) is 1. The molecular formula is C16H20ClN3O. The van der Waals surface area contributed by atoms with Crippen LogP contribution in [0.3, 0.4) is 0 Å². The third-order valence-electron chi connectivity index (χ3n) is 3.36. The van der Waals surface area contributed by atoms with E-state index in [2.05, 4.69) is 0 Å². The lowest BCUT2D eigenvalue weighted by molar-refractivity contribution is 0.0773. The molecule has 2 N–H and O–H groups in total. The van der Waals surface area contributed by atoms with Crippen LogP contribution in [0.5, 0.6) is 0 Å². The maximum atomic E-state index is 12.6. The number of anilines is 1. The minimum Gasteiger partial charge on any atom is -0.397 e. The molecule has 1 aromatic heterocycles. The van der Waals surface area contributed by atoms with Crippen LogP contribution in [-0.2, 0) is 6.54 Å². The largest absolute Gasteiger partial charge is 0.397 e. The van der Waals surface area contributed by atoms with E-state index in [1.165, 1.54) is 0 Å². The molecule has 1 aromatic carbocycles. The van der Waals surface area contributed by atoms with Crippen molar-refractivity contribution in [3.05, 3.63) is 52.8 Å². The third-order valence-corrected chi connectivity index (χ3v) is 3.73. The molecule has 0 bridgehead atoms. The van der Waals surface area contributed by atoms with E-state index in [0.29, 0.717) is 22.9 Å². The van der Waals surface area contributed by atoms with Crippen molar-refractivity contribution >= 4 is 23.2 Å². The normalized spacial score (nSPS) is 10.9. The van der Waals surface area contributed by atoms with Gasteiger partial charge in [-0.25, -0.2) is 0 Å². The zero-order valence-corrected chi connectivity index (χ0v) is 13.3. The molecule has 5 heteroatoms. The van der Waals surface area contributed by atoms with Crippen LogP contribution < -0.4 is 5.73 Å². The number of carbonyl (C=O) groups excluding carboxylic acids is 1. The highest BCUT2D eigenvalue weighted by Crippen LogP contribution is 2.20. The number of amides is 1. The Bertz CT molecular complexity index is 649. The summed E-state index contributed by atoms with van der Waals surface area (Å²) in [5, 5.41) is 0.663. The Morgan fingerprint density at radius 2 is 2.05 bits per heavy atom. The summed E-state index contributed by atoms with van der Waals surface area (Å²) in [6, 6.07) is 9.42. The van der Waals surface area contributed by atoms with Crippen molar-refractivity contribution < 1.29 is 4.79 Å². The highest BCUT2D eigenvalue weighted by atomic mass is 35.5. The van der Waals surface area contributed by atoms with Gasteiger partial charge in [-0.05, 0) is 31.5 Å². The number of halogens is 1. The predicted octanol–water partition coefficient (Wildman–Crippen LogP) is 3.58. The molecule has 0 aliphatic rings. The third kappa shape index (κ3) is 3.39. The molecule has 0 radical (unpaired) electrons.